The lowest BCUT2D eigenvalue weighted by Gasteiger charge is -2.34. The molecule has 93 heavy (non-hydrogen) atoms. The van der Waals surface area contributed by atoms with E-state index in [2.05, 4.69) is 19.9 Å². The molecule has 0 saturated carbocycles. The largest absolute Gasteiger partial charge is 0.756 e. The average molecular weight is 1410 g/mol. The van der Waals surface area contributed by atoms with Gasteiger partial charge in [-0.15, -0.1) is 11.6 Å². The van der Waals surface area contributed by atoms with Gasteiger partial charge in [-0.3, -0.25) is 66.1 Å². The number of carboxylic acid groups (broad SMARTS) is 1. The maximum Gasteiger partial charge on any atom is 0.330 e. The fourth-order valence-electron chi connectivity index (χ4n) is 10.2. The molecule has 37 nitrogen and oxygen atoms in total. The number of fused-ring (bicyclic) bond motifs is 1. The highest BCUT2D eigenvalue weighted by Gasteiger charge is 2.47. The van der Waals surface area contributed by atoms with Gasteiger partial charge in [-0.1, -0.05) is 17.1 Å². The maximum absolute atomic E-state index is 14.2. The van der Waals surface area contributed by atoms with Gasteiger partial charge in [0.15, 0.2) is 12.6 Å². The minimum absolute atomic E-state index is 0.0137. The van der Waals surface area contributed by atoms with Gasteiger partial charge in [0.2, 0.25) is 5.52 Å². The molecule has 0 spiro atoms. The van der Waals surface area contributed by atoms with E-state index in [1.54, 1.807) is 24.3 Å². The third kappa shape index (κ3) is 19.6. The first-order valence-corrected chi connectivity index (χ1v) is 35.0. The molecule has 1 aromatic carbocycles. The Balaban J connectivity index is 1.08. The number of H-pyrrole nitrogens is 3. The molecule has 8 N–H and O–H groups in total. The molecule has 3 saturated heterocycles. The fraction of sp³-hybridized carbons (Fsp3) is 0.608. The molecule has 4 aromatic heterocycles. The van der Waals surface area contributed by atoms with Crippen molar-refractivity contribution in [1.82, 2.24) is 33.6 Å². The number of phosphoric ester groups is 4. The first-order chi connectivity index (χ1) is 43.2. The lowest BCUT2D eigenvalue weighted by atomic mass is 10.1. The summed E-state index contributed by atoms with van der Waals surface area (Å²) in [6, 6.07) is 5.71. The van der Waals surface area contributed by atoms with Gasteiger partial charge in [0.05, 0.1) is 49.8 Å². The van der Waals surface area contributed by atoms with Gasteiger partial charge in [0, 0.05) is 67.4 Å². The lowest BCUT2D eigenvalue weighted by molar-refractivity contribution is -0.739. The molecule has 0 bridgehead atoms. The van der Waals surface area contributed by atoms with Gasteiger partial charge in [-0.25, -0.2) is 14.2 Å². The van der Waals surface area contributed by atoms with Crippen molar-refractivity contribution in [2.24, 2.45) is 5.73 Å². The number of anilines is 2. The van der Waals surface area contributed by atoms with Crippen molar-refractivity contribution < 1.29 is 103 Å². The van der Waals surface area contributed by atoms with Gasteiger partial charge < -0.3 is 91.4 Å². The van der Waals surface area contributed by atoms with E-state index >= 15 is 0 Å². The number of imidazole rings is 1. The van der Waals surface area contributed by atoms with Crippen LogP contribution in [0.4, 0.5) is 11.6 Å². The number of rotatable bonds is 29. The number of nitrogen functional groups attached to an aromatic ring is 1. The van der Waals surface area contributed by atoms with Crippen molar-refractivity contribution >= 4 is 71.7 Å². The summed E-state index contributed by atoms with van der Waals surface area (Å²) in [7, 11) is -21.9. The SMILES string of the molecule is Cc1cn([C@H]2CC(OP(=O)([O-])OC[C@H]3O[C@@H]([n+]4cn(CCN(CCCl)c5ccc(C[C@H](N)C(=O)O)cc5)c5c(=O)[nH]c(N)nc54)CC3OP(=O)([O-])OC[C@H]3O[C@@H](n4cc(C)c(=O)[nH]c4=O)CC3OP(=O)([O-])OC(C)(C)C)[C@@H](COP(=O)([O-])OC(C)(C)C)O2)c(=O)[nH]c1=O. The van der Waals surface area contributed by atoms with Crippen molar-refractivity contribution in [3.8, 4) is 0 Å². The number of alkyl halides is 1. The molecule has 516 valence electrons. The molecule has 42 heteroatoms. The second-order valence-electron chi connectivity index (χ2n) is 23.9. The number of nitrogens with one attached hydrogen (secondary N) is 3. The Bertz CT molecular complexity index is 4040. The number of aryl methyl sites for hydroxylation is 2. The van der Waals surface area contributed by atoms with Crippen LogP contribution in [0.25, 0.3) is 11.2 Å². The molecule has 0 aliphatic carbocycles. The lowest BCUT2D eigenvalue weighted by Crippen LogP contribution is -2.40. The molecule has 7 unspecified atom stereocenters. The Morgan fingerprint density at radius 3 is 1.67 bits per heavy atom. The summed E-state index contributed by atoms with van der Waals surface area (Å²) in [4.78, 5) is 143. The quantitative estimate of drug-likeness (QED) is 0.0201. The van der Waals surface area contributed by atoms with Crippen LogP contribution in [0.5, 0.6) is 0 Å². The van der Waals surface area contributed by atoms with Crippen LogP contribution in [0.1, 0.15) is 96.2 Å². The van der Waals surface area contributed by atoms with Crippen LogP contribution in [0, 0.1) is 13.8 Å². The standard InChI is InChI=1S/C51H74ClN11O26P4/c1-27-21-61(48(69)57-43(27)64)38-18-32(37(83-38)25-81-92(75,76)88-50(3,4)5)85-90(71,72)79-23-35-33(86-91(73,74)80-24-36-34(87-93(77,78)89-51(6,7)8)19-39(82-36)62-22-28(2)44(65)58-49(62)70)20-40(84-35)63-26-60(41-42(63)55-47(54)56-45(41)66)16-15-59(14-13-52)30-11-9-29(10-12-30)17-31(53)46(67)68/h9-12,21-22,26,31-40H,13-20,23-25,53H2,1-8H3,(H9-,54,55,56,57,58,64,65,66,67,68,69,70,71,72,73,74,75,76,77,78)/p-3/t31-,32?,33?,34?,35+,36+,37+,38+,39+,40+/m0/s1. The Labute approximate surface area is 533 Å². The van der Waals surface area contributed by atoms with Crippen LogP contribution in [0.3, 0.4) is 0 Å². The Morgan fingerprint density at radius 1 is 0.720 bits per heavy atom. The van der Waals surface area contributed by atoms with Gasteiger partial charge in [-0.05, 0) is 79.5 Å². The summed E-state index contributed by atoms with van der Waals surface area (Å²) in [5, 5.41) is 9.32. The van der Waals surface area contributed by atoms with E-state index in [0.717, 1.165) is 21.5 Å². The highest BCUT2D eigenvalue weighted by molar-refractivity contribution is 7.46. The minimum atomic E-state index is -5.77. The molecule has 8 rings (SSSR count). The van der Waals surface area contributed by atoms with Crippen LogP contribution >= 0.6 is 42.9 Å². The van der Waals surface area contributed by atoms with Crippen LogP contribution in [-0.4, -0.2) is 137 Å². The smallest absolute Gasteiger partial charge is 0.330 e. The molecule has 3 aliphatic heterocycles. The number of carbonyl (C=O) groups is 1. The summed E-state index contributed by atoms with van der Waals surface area (Å²) in [6.07, 6.45) is -12.3. The zero-order chi connectivity index (χ0) is 68.5. The fourth-order valence-corrected chi connectivity index (χ4v) is 14.6. The maximum atomic E-state index is 14.2. The average Bonchev–Trinajstić information content (AvgIpc) is 1.63. The molecular weight excluding hydrogens is 1340 g/mol. The molecule has 0 radical (unpaired) electrons. The van der Waals surface area contributed by atoms with Crippen LogP contribution in [0.15, 0.2) is 67.0 Å². The Morgan fingerprint density at radius 2 is 1.18 bits per heavy atom. The van der Waals surface area contributed by atoms with E-state index in [1.165, 1.54) is 70.9 Å². The molecule has 3 fully saturated rings. The molecule has 3 aliphatic rings. The number of halogens is 1. The number of carboxylic acids is 1. The molecule has 14 atom stereocenters. The monoisotopic (exact) mass is 1410 g/mol. The number of benzene rings is 1. The van der Waals surface area contributed by atoms with Crippen molar-refractivity contribution in [3.05, 3.63) is 112 Å². The second kappa shape index (κ2) is 29.1. The van der Waals surface area contributed by atoms with Crippen molar-refractivity contribution in [3.63, 3.8) is 0 Å². The minimum Gasteiger partial charge on any atom is -0.756 e. The predicted molar refractivity (Wildman–Crippen MR) is 316 cm³/mol. The van der Waals surface area contributed by atoms with Gasteiger partial charge in [0.1, 0.15) is 42.9 Å². The van der Waals surface area contributed by atoms with Crippen LogP contribution < -0.4 is 68.6 Å². The van der Waals surface area contributed by atoms with Crippen molar-refractivity contribution in [1.29, 1.82) is 0 Å². The summed E-state index contributed by atoms with van der Waals surface area (Å²) >= 11 is 6.24. The van der Waals surface area contributed by atoms with Gasteiger partial charge in [0.25, 0.3) is 53.9 Å². The van der Waals surface area contributed by atoms with E-state index in [4.69, 9.17) is 73.5 Å². The number of ether oxygens (including phenoxy) is 3. The molecular formula is C51H71ClN11O26P4-3. The zero-order valence-electron chi connectivity index (χ0n) is 51.3. The number of aliphatic carboxylic acids is 1. The highest BCUT2D eigenvalue weighted by atomic mass is 35.5. The number of aromatic amines is 3. The first-order valence-electron chi connectivity index (χ1n) is 28.6. The van der Waals surface area contributed by atoms with E-state index in [0.29, 0.717) is 11.3 Å². The number of hydrogen-bond donors (Lipinski definition) is 6. The Hall–Kier alpha value is -5.43. The third-order valence-electron chi connectivity index (χ3n) is 14.2. The molecule has 5 aromatic rings. The first kappa shape index (κ1) is 73.4. The number of hydrogen-bond acceptors (Lipinski definition) is 29. The zero-order valence-corrected chi connectivity index (χ0v) is 55.6. The van der Waals surface area contributed by atoms with Gasteiger partial charge in [-0.2, -0.15) is 0 Å². The van der Waals surface area contributed by atoms with E-state index in [1.807, 2.05) is 4.90 Å². The normalized spacial score (nSPS) is 24.9. The topological polar surface area (TPSA) is 519 Å². The number of phosphoric acid groups is 4. The highest BCUT2D eigenvalue weighted by Crippen LogP contribution is 2.52. The summed E-state index contributed by atoms with van der Waals surface area (Å²) in [6.45, 7) is 8.50. The summed E-state index contributed by atoms with van der Waals surface area (Å²) in [5.41, 5.74) is 6.16. The van der Waals surface area contributed by atoms with Crippen molar-refractivity contribution in [2.45, 2.75) is 160 Å². The van der Waals surface area contributed by atoms with Crippen molar-refractivity contribution in [2.75, 3.05) is 49.4 Å². The third-order valence-corrected chi connectivity index (χ3v) is 18.9. The van der Waals surface area contributed by atoms with Crippen LogP contribution in [0.2, 0.25) is 0 Å². The number of aromatic nitrogens is 8. The van der Waals surface area contributed by atoms with Crippen LogP contribution in [-0.2, 0) is 86.4 Å². The van der Waals surface area contributed by atoms with E-state index in [-0.39, 0.29) is 60.2 Å². The summed E-state index contributed by atoms with van der Waals surface area (Å²) < 4.78 is 119. The number of nitrogens with two attached hydrogens (primary N) is 2. The second-order valence-corrected chi connectivity index (χ2v) is 29.6. The summed E-state index contributed by atoms with van der Waals surface area (Å²) in [5.74, 6) is -1.42. The predicted octanol–water partition coefficient (Wildman–Crippen LogP) is -0.417. The molecule has 0 amide bonds. The Kier molecular flexibility index (Phi) is 23.0. The van der Waals surface area contributed by atoms with Gasteiger partial charge >= 0.3 is 23.0 Å². The number of nitrogens with zero attached hydrogens (tertiary/aromatic N) is 6. The van der Waals surface area contributed by atoms with E-state index in [9.17, 15) is 71.7 Å². The molecule has 7 heterocycles. The van der Waals surface area contributed by atoms with E-state index < -0.39 is 177 Å².